The highest BCUT2D eigenvalue weighted by Gasteiger charge is 2.39. The monoisotopic (exact) mass is 387 g/mol. The van der Waals surface area contributed by atoms with Crippen molar-refractivity contribution in [2.45, 2.75) is 25.1 Å². The van der Waals surface area contributed by atoms with E-state index in [1.807, 2.05) is 0 Å². The van der Waals surface area contributed by atoms with Gasteiger partial charge in [-0.3, -0.25) is 4.57 Å². The number of rotatable bonds is 2. The molecule has 27 heavy (non-hydrogen) atoms. The molecular weight excluding hydrogens is 370 g/mol. The average molecular weight is 387 g/mol. The summed E-state index contributed by atoms with van der Waals surface area (Å²) in [5, 5.41) is 5.88. The molecule has 11 heteroatoms. The van der Waals surface area contributed by atoms with Crippen molar-refractivity contribution in [2.75, 3.05) is 18.4 Å². The smallest absolute Gasteiger partial charge is 0.324 e. The van der Waals surface area contributed by atoms with Crippen LogP contribution in [0, 0.1) is 5.82 Å². The fourth-order valence-electron chi connectivity index (χ4n) is 3.01. The van der Waals surface area contributed by atoms with Crippen molar-refractivity contribution in [2.24, 2.45) is 7.05 Å². The van der Waals surface area contributed by atoms with Crippen LogP contribution in [0.1, 0.15) is 24.7 Å². The molecule has 7 nitrogen and oxygen atoms in total. The minimum absolute atomic E-state index is 0.0420. The molecular formula is C16H17F4N5O2. The molecule has 0 atom stereocenters. The Kier molecular flexibility index (Phi) is 4.94. The number of urea groups is 1. The fourth-order valence-corrected chi connectivity index (χ4v) is 3.01. The molecule has 0 aliphatic carbocycles. The number of hydrogen-bond donors (Lipinski definition) is 1. The van der Waals surface area contributed by atoms with Gasteiger partial charge in [0.25, 0.3) is 0 Å². The molecule has 2 amide bonds. The summed E-state index contributed by atoms with van der Waals surface area (Å²) in [7, 11) is 1.02. The summed E-state index contributed by atoms with van der Waals surface area (Å²) in [5.41, 5.74) is -0.808. The number of benzene rings is 1. The van der Waals surface area contributed by atoms with E-state index in [9.17, 15) is 27.2 Å². The van der Waals surface area contributed by atoms with Gasteiger partial charge in [-0.15, -0.1) is 5.10 Å². The molecule has 1 aromatic heterocycles. The molecule has 1 N–H and O–H groups in total. The summed E-state index contributed by atoms with van der Waals surface area (Å²) in [4.78, 5) is 25.7. The van der Waals surface area contributed by atoms with E-state index in [2.05, 4.69) is 10.4 Å². The fraction of sp³-hybridized carbons (Fsp3) is 0.438. The first-order chi connectivity index (χ1) is 12.7. The lowest BCUT2D eigenvalue weighted by Crippen LogP contribution is -2.43. The number of halogens is 4. The first kappa shape index (κ1) is 18.9. The predicted molar refractivity (Wildman–Crippen MR) is 87.7 cm³/mol. The molecule has 1 fully saturated rings. The van der Waals surface area contributed by atoms with Crippen molar-refractivity contribution in [1.29, 1.82) is 0 Å². The summed E-state index contributed by atoms with van der Waals surface area (Å²) in [6, 6.07) is 4.66. The SMILES string of the molecule is Cn1c(C(F)(F)F)nn(C2CCN(C(=O)Nc3ccccc3F)CC2)c1=O. The van der Waals surface area contributed by atoms with E-state index in [1.54, 1.807) is 6.07 Å². The van der Waals surface area contributed by atoms with Crippen LogP contribution in [0.5, 0.6) is 0 Å². The largest absolute Gasteiger partial charge is 0.451 e. The number of amides is 2. The maximum atomic E-state index is 13.6. The molecule has 0 bridgehead atoms. The van der Waals surface area contributed by atoms with Crippen LogP contribution in [-0.2, 0) is 13.2 Å². The lowest BCUT2D eigenvalue weighted by Gasteiger charge is -2.31. The Morgan fingerprint density at radius 2 is 1.85 bits per heavy atom. The van der Waals surface area contributed by atoms with Crippen LogP contribution in [0.25, 0.3) is 0 Å². The summed E-state index contributed by atoms with van der Waals surface area (Å²) in [6.07, 6.45) is -4.20. The maximum Gasteiger partial charge on any atom is 0.451 e. The maximum absolute atomic E-state index is 13.6. The van der Waals surface area contributed by atoms with Crippen LogP contribution < -0.4 is 11.0 Å². The Hall–Kier alpha value is -2.85. The lowest BCUT2D eigenvalue weighted by atomic mass is 10.1. The first-order valence-corrected chi connectivity index (χ1v) is 8.21. The summed E-state index contributed by atoms with van der Waals surface area (Å²) >= 11 is 0. The minimum atomic E-state index is -4.72. The van der Waals surface area contributed by atoms with E-state index in [1.165, 1.54) is 23.1 Å². The minimum Gasteiger partial charge on any atom is -0.324 e. The van der Waals surface area contributed by atoms with Crippen molar-refractivity contribution in [1.82, 2.24) is 19.2 Å². The topological polar surface area (TPSA) is 72.2 Å². The number of para-hydroxylation sites is 1. The van der Waals surface area contributed by atoms with Crippen molar-refractivity contribution >= 4 is 11.7 Å². The van der Waals surface area contributed by atoms with Gasteiger partial charge in [0, 0.05) is 20.1 Å². The Morgan fingerprint density at radius 1 is 1.22 bits per heavy atom. The second kappa shape index (κ2) is 7.05. The lowest BCUT2D eigenvalue weighted by molar-refractivity contribution is -0.147. The van der Waals surface area contributed by atoms with E-state index >= 15 is 0 Å². The van der Waals surface area contributed by atoms with Crippen molar-refractivity contribution in [3.05, 3.63) is 46.4 Å². The van der Waals surface area contributed by atoms with E-state index in [0.717, 1.165) is 11.7 Å². The van der Waals surface area contributed by atoms with Crippen molar-refractivity contribution < 1.29 is 22.4 Å². The molecule has 1 aliphatic rings. The molecule has 0 spiro atoms. The molecule has 1 aromatic carbocycles. The van der Waals surface area contributed by atoms with E-state index in [4.69, 9.17) is 0 Å². The molecule has 146 valence electrons. The van der Waals surface area contributed by atoms with Gasteiger partial charge in [-0.25, -0.2) is 18.7 Å². The van der Waals surface area contributed by atoms with Crippen molar-refractivity contribution in [3.8, 4) is 0 Å². The Bertz CT molecular complexity index is 897. The molecule has 0 radical (unpaired) electrons. The second-order valence-electron chi connectivity index (χ2n) is 6.24. The highest BCUT2D eigenvalue weighted by molar-refractivity contribution is 5.89. The molecule has 2 heterocycles. The Labute approximate surface area is 151 Å². The van der Waals surface area contributed by atoms with Crippen LogP contribution in [0.2, 0.25) is 0 Å². The average Bonchev–Trinajstić information content (AvgIpc) is 2.92. The van der Waals surface area contributed by atoms with Gasteiger partial charge < -0.3 is 10.2 Å². The quantitative estimate of drug-likeness (QED) is 0.806. The summed E-state index contributed by atoms with van der Waals surface area (Å²) in [5.74, 6) is -1.83. The molecule has 0 saturated carbocycles. The zero-order chi connectivity index (χ0) is 19.8. The highest BCUT2D eigenvalue weighted by atomic mass is 19.4. The van der Waals surface area contributed by atoms with Gasteiger partial charge in [-0.05, 0) is 25.0 Å². The number of likely N-dealkylation sites (tertiary alicyclic amines) is 1. The number of hydrogen-bond acceptors (Lipinski definition) is 3. The van der Waals surface area contributed by atoms with Gasteiger partial charge in [0.15, 0.2) is 0 Å². The second-order valence-corrected chi connectivity index (χ2v) is 6.24. The van der Waals surface area contributed by atoms with E-state index < -0.39 is 35.6 Å². The third-order valence-electron chi connectivity index (χ3n) is 4.47. The Morgan fingerprint density at radius 3 is 2.41 bits per heavy atom. The Balaban J connectivity index is 1.67. The van der Waals surface area contributed by atoms with Gasteiger partial charge in [0.2, 0.25) is 5.82 Å². The third kappa shape index (κ3) is 3.81. The third-order valence-corrected chi connectivity index (χ3v) is 4.47. The zero-order valence-corrected chi connectivity index (χ0v) is 14.3. The van der Waals surface area contributed by atoms with E-state index in [-0.39, 0.29) is 31.6 Å². The summed E-state index contributed by atoms with van der Waals surface area (Å²) < 4.78 is 53.6. The van der Waals surface area contributed by atoms with Crippen molar-refractivity contribution in [3.63, 3.8) is 0 Å². The molecule has 1 saturated heterocycles. The predicted octanol–water partition coefficient (Wildman–Crippen LogP) is 2.61. The summed E-state index contributed by atoms with van der Waals surface area (Å²) in [6.45, 7) is 0.407. The molecule has 1 aliphatic heterocycles. The molecule has 3 rings (SSSR count). The first-order valence-electron chi connectivity index (χ1n) is 8.21. The van der Waals surface area contributed by atoms with Crippen LogP contribution in [0.4, 0.5) is 28.0 Å². The number of alkyl halides is 3. The number of aromatic nitrogens is 3. The van der Waals surface area contributed by atoms with Crippen LogP contribution in [0.15, 0.2) is 29.1 Å². The van der Waals surface area contributed by atoms with Crippen LogP contribution >= 0.6 is 0 Å². The standard InChI is InChI=1S/C16H17F4N5O2/c1-23-13(16(18,19)20)22-25(15(23)27)10-6-8-24(9-7-10)14(26)21-12-5-3-2-4-11(12)17/h2-5,10H,6-9H2,1H3,(H,21,26). The van der Waals surface area contributed by atoms with Crippen LogP contribution in [-0.4, -0.2) is 38.4 Å². The van der Waals surface area contributed by atoms with Crippen LogP contribution in [0.3, 0.4) is 0 Å². The zero-order valence-electron chi connectivity index (χ0n) is 14.3. The number of nitrogens with zero attached hydrogens (tertiary/aromatic N) is 4. The van der Waals surface area contributed by atoms with Gasteiger partial charge in [0.05, 0.1) is 11.7 Å². The highest BCUT2D eigenvalue weighted by Crippen LogP contribution is 2.28. The number of piperidine rings is 1. The number of anilines is 1. The molecule has 2 aromatic rings. The van der Waals surface area contributed by atoms with E-state index in [0.29, 0.717) is 4.57 Å². The molecule has 0 unspecified atom stereocenters. The normalized spacial score (nSPS) is 15.8. The number of carbonyl (C=O) groups is 1. The number of carbonyl (C=O) groups excluding carboxylic acids is 1. The van der Waals surface area contributed by atoms with Gasteiger partial charge >= 0.3 is 17.9 Å². The van der Waals surface area contributed by atoms with Gasteiger partial charge in [0.1, 0.15) is 5.82 Å². The van der Waals surface area contributed by atoms with Gasteiger partial charge in [-0.1, -0.05) is 12.1 Å². The van der Waals surface area contributed by atoms with Gasteiger partial charge in [-0.2, -0.15) is 13.2 Å². The number of nitrogens with one attached hydrogen (secondary N) is 1.